The SMILES string of the molecule is Cc1ccc(-c2cn3nc(N4CCC[C@H](C(=O)NCc5ccccc5F)C4)sc3n2)cc1. The highest BCUT2D eigenvalue weighted by Gasteiger charge is 2.28. The normalized spacial score (nSPS) is 16.4. The van der Waals surface area contributed by atoms with Gasteiger partial charge in [-0.05, 0) is 25.8 Å². The van der Waals surface area contributed by atoms with E-state index in [0.717, 1.165) is 40.7 Å². The van der Waals surface area contributed by atoms with E-state index in [1.165, 1.54) is 23.0 Å². The number of nitrogens with one attached hydrogen (secondary N) is 1. The summed E-state index contributed by atoms with van der Waals surface area (Å²) < 4.78 is 15.6. The van der Waals surface area contributed by atoms with Crippen LogP contribution in [-0.2, 0) is 11.3 Å². The van der Waals surface area contributed by atoms with Gasteiger partial charge in [0.25, 0.3) is 0 Å². The van der Waals surface area contributed by atoms with Crippen LogP contribution in [0.1, 0.15) is 24.0 Å². The molecule has 2 aromatic carbocycles. The number of nitrogens with zero attached hydrogens (tertiary/aromatic N) is 4. The monoisotopic (exact) mass is 449 g/mol. The second-order valence-electron chi connectivity index (χ2n) is 8.20. The van der Waals surface area contributed by atoms with E-state index in [-0.39, 0.29) is 24.2 Å². The Morgan fingerprint density at radius 2 is 2.03 bits per heavy atom. The van der Waals surface area contributed by atoms with Crippen LogP contribution in [0.5, 0.6) is 0 Å². The fourth-order valence-corrected chi connectivity index (χ4v) is 4.93. The van der Waals surface area contributed by atoms with E-state index in [1.54, 1.807) is 18.2 Å². The van der Waals surface area contributed by atoms with Crippen molar-refractivity contribution >= 4 is 27.3 Å². The van der Waals surface area contributed by atoms with E-state index >= 15 is 0 Å². The van der Waals surface area contributed by atoms with E-state index in [9.17, 15) is 9.18 Å². The van der Waals surface area contributed by atoms with E-state index in [4.69, 9.17) is 10.1 Å². The zero-order chi connectivity index (χ0) is 22.1. The first kappa shape index (κ1) is 20.6. The molecule has 2 aromatic heterocycles. The molecule has 1 N–H and O–H groups in total. The van der Waals surface area contributed by atoms with Gasteiger partial charge in [-0.15, -0.1) is 5.10 Å². The molecular weight excluding hydrogens is 425 g/mol. The van der Waals surface area contributed by atoms with Crippen LogP contribution < -0.4 is 10.2 Å². The number of piperidine rings is 1. The largest absolute Gasteiger partial charge is 0.352 e. The molecule has 0 aliphatic carbocycles. The minimum Gasteiger partial charge on any atom is -0.352 e. The summed E-state index contributed by atoms with van der Waals surface area (Å²) in [6, 6.07) is 14.8. The highest BCUT2D eigenvalue weighted by molar-refractivity contribution is 7.20. The van der Waals surface area contributed by atoms with Crippen LogP contribution >= 0.6 is 11.3 Å². The van der Waals surface area contributed by atoms with Crippen LogP contribution in [0.25, 0.3) is 16.2 Å². The van der Waals surface area contributed by atoms with Crippen LogP contribution in [0.3, 0.4) is 0 Å². The molecular formula is C24H24FN5OS. The Morgan fingerprint density at radius 3 is 2.81 bits per heavy atom. The van der Waals surface area contributed by atoms with Crippen molar-refractivity contribution in [3.05, 3.63) is 71.7 Å². The number of aromatic nitrogens is 3. The third-order valence-electron chi connectivity index (χ3n) is 5.85. The third kappa shape index (κ3) is 4.23. The molecule has 3 heterocycles. The summed E-state index contributed by atoms with van der Waals surface area (Å²) in [5.41, 5.74) is 3.69. The molecule has 0 spiro atoms. The number of amides is 1. The fourth-order valence-electron chi connectivity index (χ4n) is 4.01. The molecule has 1 atom stereocenters. The predicted molar refractivity (Wildman–Crippen MR) is 124 cm³/mol. The summed E-state index contributed by atoms with van der Waals surface area (Å²) in [5, 5.41) is 8.48. The lowest BCUT2D eigenvalue weighted by molar-refractivity contribution is -0.125. The molecule has 6 nitrogen and oxygen atoms in total. The minimum absolute atomic E-state index is 0.0408. The Bertz CT molecular complexity index is 1220. The number of anilines is 1. The summed E-state index contributed by atoms with van der Waals surface area (Å²) in [4.78, 5) is 20.4. The van der Waals surface area contributed by atoms with Gasteiger partial charge in [0.2, 0.25) is 16.0 Å². The highest BCUT2D eigenvalue weighted by atomic mass is 32.1. The fraction of sp³-hybridized carbons (Fsp3) is 0.292. The molecule has 1 fully saturated rings. The molecule has 8 heteroatoms. The van der Waals surface area contributed by atoms with Crippen molar-refractivity contribution in [1.29, 1.82) is 0 Å². The Hall–Kier alpha value is -3.26. The van der Waals surface area contributed by atoms with E-state index in [1.807, 2.05) is 10.7 Å². The van der Waals surface area contributed by atoms with Gasteiger partial charge in [0.05, 0.1) is 17.8 Å². The number of hydrogen-bond acceptors (Lipinski definition) is 5. The number of carbonyl (C=O) groups is 1. The highest BCUT2D eigenvalue weighted by Crippen LogP contribution is 2.30. The molecule has 5 rings (SSSR count). The van der Waals surface area contributed by atoms with Crippen molar-refractivity contribution < 1.29 is 9.18 Å². The van der Waals surface area contributed by atoms with E-state index in [0.29, 0.717) is 12.1 Å². The second-order valence-corrected chi connectivity index (χ2v) is 9.13. The number of halogens is 1. The number of benzene rings is 2. The third-order valence-corrected chi connectivity index (χ3v) is 6.84. The smallest absolute Gasteiger partial charge is 0.225 e. The van der Waals surface area contributed by atoms with Gasteiger partial charge in [0.15, 0.2) is 0 Å². The molecule has 0 saturated carbocycles. The number of carbonyl (C=O) groups excluding carboxylic acids is 1. The zero-order valence-corrected chi connectivity index (χ0v) is 18.6. The maximum atomic E-state index is 13.8. The standard InChI is InChI=1S/C24H24FN5OS/c1-16-8-10-17(11-9-16)21-15-30-23(27-21)32-24(28-30)29-12-4-6-19(14-29)22(31)26-13-18-5-2-3-7-20(18)25/h2-3,5,7-11,15,19H,4,6,12-14H2,1H3,(H,26,31)/t19-/m0/s1. The van der Waals surface area contributed by atoms with Gasteiger partial charge >= 0.3 is 0 Å². The first-order chi connectivity index (χ1) is 15.6. The lowest BCUT2D eigenvalue weighted by atomic mass is 9.97. The number of hydrogen-bond donors (Lipinski definition) is 1. The summed E-state index contributed by atoms with van der Waals surface area (Å²) in [6.07, 6.45) is 3.68. The van der Waals surface area contributed by atoms with Gasteiger partial charge in [0, 0.05) is 30.8 Å². The van der Waals surface area contributed by atoms with Gasteiger partial charge in [-0.2, -0.15) is 0 Å². The quantitative estimate of drug-likeness (QED) is 0.489. The first-order valence-electron chi connectivity index (χ1n) is 10.8. The van der Waals surface area contributed by atoms with Crippen molar-refractivity contribution in [3.63, 3.8) is 0 Å². The summed E-state index contributed by atoms with van der Waals surface area (Å²) in [5.74, 6) is -0.481. The molecule has 164 valence electrons. The predicted octanol–water partition coefficient (Wildman–Crippen LogP) is 4.44. The van der Waals surface area contributed by atoms with Crippen LogP contribution in [0.4, 0.5) is 9.52 Å². The lowest BCUT2D eigenvalue weighted by Gasteiger charge is -2.31. The first-order valence-corrected chi connectivity index (χ1v) is 11.6. The average Bonchev–Trinajstić information content (AvgIpc) is 3.39. The number of rotatable bonds is 5. The Balaban J connectivity index is 1.25. The van der Waals surface area contributed by atoms with Gasteiger partial charge in [0.1, 0.15) is 5.82 Å². The van der Waals surface area contributed by atoms with E-state index < -0.39 is 0 Å². The van der Waals surface area contributed by atoms with Crippen molar-refractivity contribution in [3.8, 4) is 11.3 Å². The van der Waals surface area contributed by atoms with Gasteiger partial charge < -0.3 is 10.2 Å². The van der Waals surface area contributed by atoms with Crippen LogP contribution in [-0.4, -0.2) is 33.6 Å². The molecule has 0 unspecified atom stereocenters. The van der Waals surface area contributed by atoms with E-state index in [2.05, 4.69) is 41.4 Å². The number of aryl methyl sites for hydroxylation is 1. The van der Waals surface area contributed by atoms with Gasteiger partial charge in [-0.1, -0.05) is 59.4 Å². The molecule has 4 aromatic rings. The maximum Gasteiger partial charge on any atom is 0.225 e. The summed E-state index contributed by atoms with van der Waals surface area (Å²) in [7, 11) is 0. The summed E-state index contributed by atoms with van der Waals surface area (Å²) >= 11 is 1.53. The maximum absolute atomic E-state index is 13.8. The second kappa shape index (κ2) is 8.70. The Labute approximate surface area is 189 Å². The van der Waals surface area contributed by atoms with Crippen LogP contribution in [0.15, 0.2) is 54.7 Å². The molecule has 0 bridgehead atoms. The summed E-state index contributed by atoms with van der Waals surface area (Å²) in [6.45, 7) is 3.73. The minimum atomic E-state index is -0.297. The topological polar surface area (TPSA) is 62.5 Å². The Kier molecular flexibility index (Phi) is 5.61. The zero-order valence-electron chi connectivity index (χ0n) is 17.8. The number of imidazole rings is 1. The van der Waals surface area contributed by atoms with Crippen molar-refractivity contribution in [2.24, 2.45) is 5.92 Å². The van der Waals surface area contributed by atoms with Crippen molar-refractivity contribution in [1.82, 2.24) is 19.9 Å². The van der Waals surface area contributed by atoms with Gasteiger partial charge in [-0.25, -0.2) is 13.9 Å². The van der Waals surface area contributed by atoms with Crippen LogP contribution in [0, 0.1) is 18.7 Å². The average molecular weight is 450 g/mol. The van der Waals surface area contributed by atoms with Gasteiger partial charge in [-0.3, -0.25) is 4.79 Å². The molecule has 0 radical (unpaired) electrons. The van der Waals surface area contributed by atoms with Crippen LogP contribution in [0.2, 0.25) is 0 Å². The van der Waals surface area contributed by atoms with Crippen molar-refractivity contribution in [2.45, 2.75) is 26.3 Å². The Morgan fingerprint density at radius 1 is 1.22 bits per heavy atom. The molecule has 1 amide bonds. The molecule has 1 aliphatic heterocycles. The molecule has 1 saturated heterocycles. The number of fused-ring (bicyclic) bond motifs is 1. The van der Waals surface area contributed by atoms with Crippen molar-refractivity contribution in [2.75, 3.05) is 18.0 Å². The molecule has 32 heavy (non-hydrogen) atoms. The molecule has 1 aliphatic rings. The lowest BCUT2D eigenvalue weighted by Crippen LogP contribution is -2.43.